The first kappa shape index (κ1) is 26.1. The predicted molar refractivity (Wildman–Crippen MR) is 116 cm³/mol. The van der Waals surface area contributed by atoms with E-state index in [9.17, 15) is 36.3 Å². The molecule has 0 saturated heterocycles. The molecule has 1 aromatic carbocycles. The second-order valence-corrected chi connectivity index (χ2v) is 9.46. The van der Waals surface area contributed by atoms with E-state index in [2.05, 4.69) is 10.3 Å². The van der Waals surface area contributed by atoms with Gasteiger partial charge in [0, 0.05) is 11.3 Å². The standard InChI is InChI=1S/C19H24F3N5O5S/c1-10(2)15(16(29)19(20,21)22)25-14(28)9-27-17(11-4-6-12(23)7-5-11)24-8-13(18(27)30)26-33(3,31)32/h4-8,10,15-16,26,29H,9,23H2,1-3H3,(H,25,28)/t15-,16-/m0/s1. The van der Waals surface area contributed by atoms with Crippen LogP contribution in [0, 0.1) is 5.92 Å². The molecule has 0 bridgehead atoms. The molecule has 0 aliphatic carbocycles. The number of hydrogen-bond acceptors (Lipinski definition) is 7. The molecule has 14 heteroatoms. The van der Waals surface area contributed by atoms with E-state index in [1.807, 2.05) is 4.72 Å². The summed E-state index contributed by atoms with van der Waals surface area (Å²) in [6.07, 6.45) is -6.03. The quantitative estimate of drug-likeness (QED) is 0.400. The first-order valence-corrected chi connectivity index (χ1v) is 11.5. The van der Waals surface area contributed by atoms with Gasteiger partial charge in [-0.25, -0.2) is 13.4 Å². The van der Waals surface area contributed by atoms with Crippen molar-refractivity contribution in [1.29, 1.82) is 0 Å². The van der Waals surface area contributed by atoms with Gasteiger partial charge in [-0.1, -0.05) is 13.8 Å². The number of sulfonamides is 1. The monoisotopic (exact) mass is 491 g/mol. The highest BCUT2D eigenvalue weighted by Crippen LogP contribution is 2.25. The highest BCUT2D eigenvalue weighted by molar-refractivity contribution is 7.92. The van der Waals surface area contributed by atoms with Gasteiger partial charge in [0.1, 0.15) is 18.1 Å². The SMILES string of the molecule is CC(C)[C@H](NC(=O)Cn1c(-c2ccc(N)cc2)ncc(NS(C)(=O)=O)c1=O)[C@H](O)C(F)(F)F. The molecule has 0 spiro atoms. The fourth-order valence-corrected chi connectivity index (χ4v) is 3.50. The molecule has 5 N–H and O–H groups in total. The number of nitrogens with one attached hydrogen (secondary N) is 2. The number of nitrogens with zero attached hydrogens (tertiary/aromatic N) is 2. The number of carbonyl (C=O) groups excluding carboxylic acids is 1. The maximum absolute atomic E-state index is 13.0. The maximum Gasteiger partial charge on any atom is 0.416 e. The van der Waals surface area contributed by atoms with Gasteiger partial charge in [-0.05, 0) is 30.2 Å². The fourth-order valence-electron chi connectivity index (χ4n) is 2.96. The summed E-state index contributed by atoms with van der Waals surface area (Å²) in [6, 6.07) is 4.32. The van der Waals surface area contributed by atoms with Crippen molar-refractivity contribution in [2.24, 2.45) is 5.92 Å². The van der Waals surface area contributed by atoms with Crippen LogP contribution in [0.4, 0.5) is 24.5 Å². The molecule has 33 heavy (non-hydrogen) atoms. The summed E-state index contributed by atoms with van der Waals surface area (Å²) < 4.78 is 64.9. The third kappa shape index (κ3) is 6.92. The van der Waals surface area contributed by atoms with Crippen molar-refractivity contribution in [3.8, 4) is 11.4 Å². The Kier molecular flexibility index (Phi) is 7.75. The lowest BCUT2D eigenvalue weighted by Gasteiger charge is -2.29. The molecule has 1 heterocycles. The van der Waals surface area contributed by atoms with E-state index in [0.717, 1.165) is 17.0 Å². The summed E-state index contributed by atoms with van der Waals surface area (Å²) in [4.78, 5) is 29.6. The molecule has 0 saturated carbocycles. The number of amides is 1. The number of aliphatic hydroxyl groups is 1. The van der Waals surface area contributed by atoms with E-state index < -0.39 is 58.0 Å². The largest absolute Gasteiger partial charge is 0.416 e. The lowest BCUT2D eigenvalue weighted by atomic mass is 9.98. The van der Waals surface area contributed by atoms with E-state index in [1.54, 1.807) is 0 Å². The topological polar surface area (TPSA) is 156 Å². The molecule has 0 unspecified atom stereocenters. The first-order chi connectivity index (χ1) is 15.1. The maximum atomic E-state index is 13.0. The molecule has 2 atom stereocenters. The van der Waals surface area contributed by atoms with E-state index in [4.69, 9.17) is 5.73 Å². The van der Waals surface area contributed by atoms with Crippen molar-refractivity contribution >= 4 is 27.3 Å². The van der Waals surface area contributed by atoms with Crippen LogP contribution in [0.3, 0.4) is 0 Å². The molecule has 0 radical (unpaired) electrons. The zero-order valence-electron chi connectivity index (χ0n) is 17.9. The highest BCUT2D eigenvalue weighted by atomic mass is 32.2. The van der Waals surface area contributed by atoms with Crippen molar-refractivity contribution in [1.82, 2.24) is 14.9 Å². The Bertz CT molecular complexity index is 1160. The van der Waals surface area contributed by atoms with Crippen LogP contribution in [0.1, 0.15) is 13.8 Å². The summed E-state index contributed by atoms with van der Waals surface area (Å²) in [5.41, 5.74) is 4.99. The zero-order chi connectivity index (χ0) is 25.1. The van der Waals surface area contributed by atoms with E-state index in [1.165, 1.54) is 38.1 Å². The van der Waals surface area contributed by atoms with Gasteiger partial charge >= 0.3 is 6.18 Å². The Morgan fingerprint density at radius 1 is 1.24 bits per heavy atom. The lowest BCUT2D eigenvalue weighted by molar-refractivity contribution is -0.215. The molecule has 1 amide bonds. The predicted octanol–water partition coefficient (Wildman–Crippen LogP) is 0.928. The number of nitrogen functional groups attached to an aromatic ring is 1. The van der Waals surface area contributed by atoms with Crippen LogP contribution in [0.2, 0.25) is 0 Å². The number of alkyl halides is 3. The minimum atomic E-state index is -4.98. The lowest BCUT2D eigenvalue weighted by Crippen LogP contribution is -2.53. The number of aromatic nitrogens is 2. The Morgan fingerprint density at radius 3 is 2.30 bits per heavy atom. The molecule has 182 valence electrons. The number of aliphatic hydroxyl groups excluding tert-OH is 1. The minimum absolute atomic E-state index is 0.0494. The normalized spacial score (nSPS) is 14.1. The van der Waals surface area contributed by atoms with Crippen LogP contribution in [0.5, 0.6) is 0 Å². The Morgan fingerprint density at radius 2 is 1.82 bits per heavy atom. The van der Waals surface area contributed by atoms with Crippen LogP contribution < -0.4 is 21.3 Å². The zero-order valence-corrected chi connectivity index (χ0v) is 18.7. The molecule has 2 rings (SSSR count). The average Bonchev–Trinajstić information content (AvgIpc) is 2.67. The van der Waals surface area contributed by atoms with Crippen molar-refractivity contribution < 1.29 is 31.5 Å². The van der Waals surface area contributed by atoms with Crippen LogP contribution in [-0.2, 0) is 21.4 Å². The number of hydrogen-bond donors (Lipinski definition) is 4. The average molecular weight is 491 g/mol. The third-order valence-corrected chi connectivity index (χ3v) is 5.13. The van der Waals surface area contributed by atoms with Gasteiger partial charge < -0.3 is 16.2 Å². The molecule has 2 aromatic rings. The van der Waals surface area contributed by atoms with Gasteiger partial charge in [-0.15, -0.1) is 0 Å². The summed E-state index contributed by atoms with van der Waals surface area (Å²) in [6.45, 7) is 1.97. The van der Waals surface area contributed by atoms with Crippen LogP contribution in [-0.4, -0.2) is 53.6 Å². The second-order valence-electron chi connectivity index (χ2n) is 7.71. The minimum Gasteiger partial charge on any atom is -0.399 e. The van der Waals surface area contributed by atoms with Gasteiger partial charge in [-0.2, -0.15) is 13.2 Å². The molecule has 0 aliphatic heterocycles. The number of rotatable bonds is 8. The smallest absolute Gasteiger partial charge is 0.399 e. The molecular weight excluding hydrogens is 467 g/mol. The van der Waals surface area contributed by atoms with Crippen LogP contribution >= 0.6 is 0 Å². The van der Waals surface area contributed by atoms with Gasteiger partial charge in [0.05, 0.1) is 18.5 Å². The van der Waals surface area contributed by atoms with Crippen molar-refractivity contribution in [3.05, 3.63) is 40.8 Å². The summed E-state index contributed by atoms with van der Waals surface area (Å²) >= 11 is 0. The first-order valence-electron chi connectivity index (χ1n) is 9.58. The molecule has 10 nitrogen and oxygen atoms in total. The van der Waals surface area contributed by atoms with Crippen molar-refractivity contribution in [3.63, 3.8) is 0 Å². The second kappa shape index (κ2) is 9.79. The van der Waals surface area contributed by atoms with Crippen LogP contribution in [0.15, 0.2) is 35.3 Å². The van der Waals surface area contributed by atoms with E-state index in [-0.39, 0.29) is 5.82 Å². The van der Waals surface area contributed by atoms with E-state index in [0.29, 0.717) is 11.3 Å². The van der Waals surface area contributed by atoms with Gasteiger partial charge in [0.2, 0.25) is 15.9 Å². The van der Waals surface area contributed by atoms with Gasteiger partial charge in [0.15, 0.2) is 6.10 Å². The highest BCUT2D eigenvalue weighted by Gasteiger charge is 2.45. The number of nitrogens with two attached hydrogens (primary N) is 1. The number of carbonyl (C=O) groups is 1. The van der Waals surface area contributed by atoms with Gasteiger partial charge in [-0.3, -0.25) is 18.9 Å². The Hall–Kier alpha value is -3.13. The molecular formula is C19H24F3N5O5S. The molecule has 0 fully saturated rings. The molecule has 1 aromatic heterocycles. The molecule has 0 aliphatic rings. The van der Waals surface area contributed by atoms with Crippen LogP contribution in [0.25, 0.3) is 11.4 Å². The third-order valence-electron chi connectivity index (χ3n) is 4.53. The fraction of sp³-hybridized carbons (Fsp3) is 0.421. The van der Waals surface area contributed by atoms with Crippen molar-refractivity contribution in [2.75, 3.05) is 16.7 Å². The number of benzene rings is 1. The summed E-state index contributed by atoms with van der Waals surface area (Å²) in [7, 11) is -3.86. The Balaban J connectivity index is 2.49. The number of anilines is 2. The number of halogens is 3. The van der Waals surface area contributed by atoms with E-state index >= 15 is 0 Å². The van der Waals surface area contributed by atoms with Crippen molar-refractivity contribution in [2.45, 2.75) is 38.7 Å². The Labute approximate surface area is 187 Å². The van der Waals surface area contributed by atoms with Gasteiger partial charge in [0.25, 0.3) is 5.56 Å². The summed E-state index contributed by atoms with van der Waals surface area (Å²) in [5, 5.41) is 11.7. The summed E-state index contributed by atoms with van der Waals surface area (Å²) in [5.74, 6) is -1.86.